The summed E-state index contributed by atoms with van der Waals surface area (Å²) in [5.41, 5.74) is 2.74. The minimum atomic E-state index is -3.68. The maximum Gasteiger partial charge on any atom is 0.278 e. The number of benzene rings is 2. The lowest BCUT2D eigenvalue weighted by Gasteiger charge is -2.28. The molecule has 4 heterocycles. The maximum atomic E-state index is 14.1. The van der Waals surface area contributed by atoms with Crippen LogP contribution < -0.4 is 10.4 Å². The minimum absolute atomic E-state index is 0.0421. The molecule has 1 aliphatic carbocycles. The lowest BCUT2D eigenvalue weighted by atomic mass is 10.1. The number of anilines is 1. The molecule has 4 aliphatic rings. The number of piperidine rings is 1. The predicted octanol–water partition coefficient (Wildman–Crippen LogP) is 3.04. The van der Waals surface area contributed by atoms with E-state index in [4.69, 9.17) is 9.57 Å². The van der Waals surface area contributed by atoms with Crippen LogP contribution in [-0.4, -0.2) is 91.7 Å². The molecule has 12 heteroatoms. The number of hydroxylamine groups is 1. The third-order valence-electron chi connectivity index (χ3n) is 9.25. The normalized spacial score (nSPS) is 25.7. The van der Waals surface area contributed by atoms with Gasteiger partial charge in [0.25, 0.3) is 5.91 Å². The number of aromatic nitrogens is 2. The average Bonchev–Trinajstić information content (AvgIpc) is 3.39. The number of nitrogens with zero attached hydrogens (tertiary/aromatic N) is 5. The third-order valence-corrected chi connectivity index (χ3v) is 11.1. The summed E-state index contributed by atoms with van der Waals surface area (Å²) in [7, 11) is -3.68. The smallest absolute Gasteiger partial charge is 0.278 e. The van der Waals surface area contributed by atoms with Crippen molar-refractivity contribution in [2.75, 3.05) is 50.8 Å². The zero-order valence-corrected chi connectivity index (χ0v) is 25.0. The highest BCUT2D eigenvalue weighted by atomic mass is 32.2. The van der Waals surface area contributed by atoms with E-state index in [1.165, 1.54) is 25.2 Å². The van der Waals surface area contributed by atoms with Gasteiger partial charge in [-0.15, -0.1) is 0 Å². The summed E-state index contributed by atoms with van der Waals surface area (Å²) in [6.45, 7) is 5.27. The van der Waals surface area contributed by atoms with Crippen LogP contribution in [0.4, 0.5) is 5.95 Å². The molecule has 3 unspecified atom stereocenters. The highest BCUT2D eigenvalue weighted by molar-refractivity contribution is 7.89. The van der Waals surface area contributed by atoms with Crippen molar-refractivity contribution in [3.8, 4) is 0 Å². The molecule has 1 N–H and O–H groups in total. The van der Waals surface area contributed by atoms with Crippen molar-refractivity contribution in [1.82, 2.24) is 24.7 Å². The van der Waals surface area contributed by atoms with E-state index in [9.17, 15) is 13.2 Å². The Bertz CT molecular complexity index is 1550. The Morgan fingerprint density at radius 1 is 1.00 bits per heavy atom. The molecule has 1 aromatic heterocycles. The summed E-state index contributed by atoms with van der Waals surface area (Å²) in [6.07, 6.45) is 7.65. The highest BCUT2D eigenvalue weighted by Crippen LogP contribution is 2.51. The Morgan fingerprint density at radius 3 is 2.47 bits per heavy atom. The molecule has 4 fully saturated rings. The van der Waals surface area contributed by atoms with Crippen LogP contribution in [0, 0.1) is 11.8 Å². The molecule has 7 rings (SSSR count). The number of hydrogen-bond acceptors (Lipinski definition) is 9. The van der Waals surface area contributed by atoms with Crippen molar-refractivity contribution in [1.29, 1.82) is 0 Å². The van der Waals surface area contributed by atoms with Crippen molar-refractivity contribution in [2.45, 2.75) is 49.3 Å². The molecule has 43 heavy (non-hydrogen) atoms. The quantitative estimate of drug-likeness (QED) is 0.348. The van der Waals surface area contributed by atoms with Gasteiger partial charge in [0.15, 0.2) is 6.29 Å². The molecule has 0 spiro atoms. The number of carbonyl (C=O) groups excluding carboxylic acids is 1. The van der Waals surface area contributed by atoms with E-state index in [-0.39, 0.29) is 17.9 Å². The van der Waals surface area contributed by atoms with Gasteiger partial charge in [0, 0.05) is 57.6 Å². The predicted molar refractivity (Wildman–Crippen MR) is 161 cm³/mol. The summed E-state index contributed by atoms with van der Waals surface area (Å²) in [5, 5.41) is 1.95. The Labute approximate surface area is 252 Å². The molecule has 2 aromatic carbocycles. The molecular weight excluding hydrogens is 568 g/mol. The zero-order valence-electron chi connectivity index (χ0n) is 24.2. The van der Waals surface area contributed by atoms with Crippen LogP contribution in [0.3, 0.4) is 0 Å². The number of sulfonamides is 1. The summed E-state index contributed by atoms with van der Waals surface area (Å²) < 4.78 is 35.5. The van der Waals surface area contributed by atoms with Crippen LogP contribution in [0.2, 0.25) is 0 Å². The summed E-state index contributed by atoms with van der Waals surface area (Å²) >= 11 is 0. The van der Waals surface area contributed by atoms with Crippen molar-refractivity contribution >= 4 is 32.7 Å². The number of likely N-dealkylation sites (tertiary alicyclic amines) is 1. The number of ether oxygens (including phenoxy) is 1. The Hall–Kier alpha value is -3.16. The van der Waals surface area contributed by atoms with Crippen LogP contribution in [0.25, 0.3) is 10.8 Å². The van der Waals surface area contributed by atoms with Gasteiger partial charge in [0.1, 0.15) is 0 Å². The van der Waals surface area contributed by atoms with Gasteiger partial charge in [-0.05, 0) is 73.5 Å². The van der Waals surface area contributed by atoms with Gasteiger partial charge in [-0.3, -0.25) is 4.79 Å². The number of rotatable bonds is 10. The van der Waals surface area contributed by atoms with Crippen LogP contribution in [0.1, 0.15) is 42.5 Å². The fourth-order valence-corrected chi connectivity index (χ4v) is 8.55. The summed E-state index contributed by atoms with van der Waals surface area (Å²) in [5.74, 6) is 0.547. The number of nitrogens with one attached hydrogen (secondary N) is 1. The van der Waals surface area contributed by atoms with Gasteiger partial charge < -0.3 is 14.5 Å². The van der Waals surface area contributed by atoms with E-state index in [1.54, 1.807) is 16.4 Å². The van der Waals surface area contributed by atoms with E-state index in [0.29, 0.717) is 42.6 Å². The second-order valence-electron chi connectivity index (χ2n) is 12.0. The average molecular weight is 607 g/mol. The van der Waals surface area contributed by atoms with Crippen molar-refractivity contribution in [3.63, 3.8) is 0 Å². The van der Waals surface area contributed by atoms with Crippen molar-refractivity contribution in [3.05, 3.63) is 60.4 Å². The standard InChI is InChI=1S/C31H38N6O5S/c38-30(34-42-28-9-3-6-16-41-28)24-18-32-31(33-19-24)36-20-26-27(21-36)29(26)37(15-14-35-12-4-5-13-35)43(39,40)25-11-10-22-7-1-2-8-23(22)17-25/h1-2,7-8,10-11,17-19,26-29H,3-6,9,12-16,20-21H2,(H,34,38). The van der Waals surface area contributed by atoms with Gasteiger partial charge in [0.05, 0.1) is 10.5 Å². The lowest BCUT2D eigenvalue weighted by molar-refractivity contribution is -0.186. The largest absolute Gasteiger partial charge is 0.350 e. The fourth-order valence-electron chi connectivity index (χ4n) is 6.81. The Balaban J connectivity index is 1.01. The Morgan fingerprint density at radius 2 is 1.74 bits per heavy atom. The van der Waals surface area contributed by atoms with Crippen molar-refractivity contribution in [2.24, 2.45) is 11.8 Å². The summed E-state index contributed by atoms with van der Waals surface area (Å²) in [4.78, 5) is 31.5. The van der Waals surface area contributed by atoms with Gasteiger partial charge >= 0.3 is 0 Å². The molecule has 0 bridgehead atoms. The van der Waals surface area contributed by atoms with Gasteiger partial charge in [0.2, 0.25) is 16.0 Å². The van der Waals surface area contributed by atoms with Gasteiger partial charge in [-0.1, -0.05) is 30.3 Å². The van der Waals surface area contributed by atoms with Crippen molar-refractivity contribution < 1.29 is 22.8 Å². The second-order valence-corrected chi connectivity index (χ2v) is 13.9. The molecule has 11 nitrogen and oxygen atoms in total. The molecule has 3 aromatic rings. The molecular formula is C31H38N6O5S. The fraction of sp³-hybridized carbons (Fsp3) is 0.516. The molecule has 0 radical (unpaired) electrons. The third kappa shape index (κ3) is 5.99. The molecule has 3 saturated heterocycles. The number of carbonyl (C=O) groups is 1. The monoisotopic (exact) mass is 606 g/mol. The van der Waals surface area contributed by atoms with E-state index < -0.39 is 22.2 Å². The molecule has 3 atom stereocenters. The molecule has 3 aliphatic heterocycles. The molecule has 1 amide bonds. The maximum absolute atomic E-state index is 14.1. The second kappa shape index (κ2) is 12.1. The van der Waals surface area contributed by atoms with E-state index in [1.807, 2.05) is 30.3 Å². The zero-order chi connectivity index (χ0) is 29.4. The van der Waals surface area contributed by atoms with E-state index in [2.05, 4.69) is 25.2 Å². The first kappa shape index (κ1) is 28.6. The van der Waals surface area contributed by atoms with Gasteiger partial charge in [-0.25, -0.2) is 28.7 Å². The molecule has 228 valence electrons. The lowest BCUT2D eigenvalue weighted by Crippen LogP contribution is -2.43. The van der Waals surface area contributed by atoms with E-state index >= 15 is 0 Å². The van der Waals surface area contributed by atoms with Crippen LogP contribution in [0.5, 0.6) is 0 Å². The SMILES string of the molecule is O=C(NOC1CCCCO1)c1cnc(N2CC3C(C2)C3N(CCN2CCCC2)S(=O)(=O)c2ccc3ccccc3c2)nc1. The first-order valence-corrected chi connectivity index (χ1v) is 16.8. The first-order valence-electron chi connectivity index (χ1n) is 15.3. The Kier molecular flexibility index (Phi) is 8.04. The number of fused-ring (bicyclic) bond motifs is 2. The van der Waals surface area contributed by atoms with Crippen LogP contribution >= 0.6 is 0 Å². The first-order chi connectivity index (χ1) is 21.0. The minimum Gasteiger partial charge on any atom is -0.350 e. The van der Waals surface area contributed by atoms with Crippen LogP contribution in [-0.2, 0) is 19.6 Å². The van der Waals surface area contributed by atoms with Gasteiger partial charge in [-0.2, -0.15) is 4.31 Å². The van der Waals surface area contributed by atoms with Crippen LogP contribution in [0.15, 0.2) is 59.8 Å². The highest BCUT2D eigenvalue weighted by Gasteiger charge is 2.61. The number of amides is 1. The summed E-state index contributed by atoms with van der Waals surface area (Å²) in [6, 6.07) is 13.3. The topological polar surface area (TPSA) is 117 Å². The van der Waals surface area contributed by atoms with E-state index in [0.717, 1.165) is 49.7 Å². The molecule has 1 saturated carbocycles. The number of hydrogen-bond donors (Lipinski definition) is 1.